The molecule has 0 bridgehead atoms. The summed E-state index contributed by atoms with van der Waals surface area (Å²) in [5, 5.41) is 8.51. The molecule has 3 aromatic rings. The molecule has 152 valence electrons. The molecule has 2 aromatic carbocycles. The number of nitrogens with zero attached hydrogens (tertiary/aromatic N) is 2. The van der Waals surface area contributed by atoms with Crippen LogP contribution >= 0.6 is 34.8 Å². The van der Waals surface area contributed by atoms with E-state index in [1.54, 1.807) is 28.9 Å². The summed E-state index contributed by atoms with van der Waals surface area (Å²) >= 11 is 18.2. The second-order valence-electron chi connectivity index (χ2n) is 6.76. The van der Waals surface area contributed by atoms with Gasteiger partial charge in [0.15, 0.2) is 0 Å². The average Bonchev–Trinajstić information content (AvgIpc) is 2.83. The number of hydrogen-bond donors (Lipinski definition) is 1. The molecule has 1 N–H and O–H groups in total. The van der Waals surface area contributed by atoms with Gasteiger partial charge in [0, 0.05) is 22.7 Å². The molecule has 0 unspecified atom stereocenters. The smallest absolute Gasteiger partial charge is 0.370 e. The van der Waals surface area contributed by atoms with Gasteiger partial charge in [0.2, 0.25) is 0 Å². The van der Waals surface area contributed by atoms with Crippen molar-refractivity contribution in [3.05, 3.63) is 62.6 Å². The van der Waals surface area contributed by atoms with Crippen molar-refractivity contribution < 1.29 is 13.2 Å². The molecule has 0 saturated carbocycles. The Hall–Kier alpha value is -1.89. The van der Waals surface area contributed by atoms with Gasteiger partial charge < -0.3 is 5.32 Å². The number of aromatic nitrogens is 2. The second kappa shape index (κ2) is 7.74. The number of halogens is 6. The van der Waals surface area contributed by atoms with Gasteiger partial charge in [0.05, 0.1) is 27.0 Å². The average molecular weight is 461 g/mol. The molecule has 1 aromatic heterocycles. The highest BCUT2D eigenvalue weighted by molar-refractivity contribution is 6.35. The predicted octanol–water partition coefficient (Wildman–Crippen LogP) is 7.27. The summed E-state index contributed by atoms with van der Waals surface area (Å²) in [7, 11) is 0. The first-order chi connectivity index (χ1) is 13.8. The molecule has 0 amide bonds. The van der Waals surface area contributed by atoms with Gasteiger partial charge in [-0.25, -0.2) is 4.68 Å². The maximum Gasteiger partial charge on any atom is 0.417 e. The third kappa shape index (κ3) is 3.93. The van der Waals surface area contributed by atoms with Gasteiger partial charge in [-0.1, -0.05) is 40.9 Å². The molecule has 0 fully saturated rings. The first-order valence-electron chi connectivity index (χ1n) is 8.94. The van der Waals surface area contributed by atoms with Gasteiger partial charge >= 0.3 is 6.18 Å². The minimum Gasteiger partial charge on any atom is -0.370 e. The lowest BCUT2D eigenvalue weighted by atomic mass is 10.0. The summed E-state index contributed by atoms with van der Waals surface area (Å²) < 4.78 is 41.7. The van der Waals surface area contributed by atoms with Crippen molar-refractivity contribution in [3.63, 3.8) is 0 Å². The highest BCUT2D eigenvalue weighted by Crippen LogP contribution is 2.40. The molecule has 2 heterocycles. The van der Waals surface area contributed by atoms with Crippen LogP contribution in [-0.2, 0) is 12.6 Å². The number of anilines is 1. The highest BCUT2D eigenvalue weighted by Gasteiger charge is 2.34. The van der Waals surface area contributed by atoms with Crippen LogP contribution in [0.1, 0.15) is 24.0 Å². The van der Waals surface area contributed by atoms with Gasteiger partial charge in [-0.2, -0.15) is 18.3 Å². The van der Waals surface area contributed by atoms with E-state index in [9.17, 15) is 13.2 Å². The van der Waals surface area contributed by atoms with Crippen LogP contribution in [0.2, 0.25) is 15.1 Å². The minimum atomic E-state index is -4.55. The van der Waals surface area contributed by atoms with E-state index < -0.39 is 11.7 Å². The lowest BCUT2D eigenvalue weighted by molar-refractivity contribution is -0.137. The van der Waals surface area contributed by atoms with Gasteiger partial charge in [0.1, 0.15) is 5.82 Å². The van der Waals surface area contributed by atoms with Crippen molar-refractivity contribution in [2.75, 3.05) is 11.9 Å². The van der Waals surface area contributed by atoms with E-state index in [1.165, 1.54) is 6.07 Å². The van der Waals surface area contributed by atoms with Crippen molar-refractivity contribution in [2.45, 2.75) is 25.4 Å². The Morgan fingerprint density at radius 3 is 2.48 bits per heavy atom. The van der Waals surface area contributed by atoms with Crippen LogP contribution in [0.3, 0.4) is 0 Å². The molecule has 0 atom stereocenters. The van der Waals surface area contributed by atoms with E-state index in [2.05, 4.69) is 10.4 Å². The van der Waals surface area contributed by atoms with Crippen LogP contribution in [0, 0.1) is 0 Å². The summed E-state index contributed by atoms with van der Waals surface area (Å²) in [6, 6.07) is 8.88. The number of hydrogen-bond acceptors (Lipinski definition) is 2. The number of rotatable bonds is 2. The number of benzene rings is 2. The van der Waals surface area contributed by atoms with Crippen LogP contribution in [0.25, 0.3) is 16.9 Å². The van der Waals surface area contributed by atoms with Crippen LogP contribution in [-0.4, -0.2) is 16.3 Å². The van der Waals surface area contributed by atoms with Crippen molar-refractivity contribution in [2.24, 2.45) is 0 Å². The Bertz CT molecular complexity index is 1080. The molecule has 0 spiro atoms. The summed E-state index contributed by atoms with van der Waals surface area (Å²) in [6.07, 6.45) is -2.03. The summed E-state index contributed by atoms with van der Waals surface area (Å²) in [4.78, 5) is 0. The molecule has 0 aliphatic carbocycles. The first-order valence-corrected chi connectivity index (χ1v) is 10.1. The van der Waals surface area contributed by atoms with Crippen molar-refractivity contribution >= 4 is 40.6 Å². The molecular formula is C20H15Cl3F3N3. The highest BCUT2D eigenvalue weighted by atomic mass is 35.5. The maximum absolute atomic E-state index is 13.4. The van der Waals surface area contributed by atoms with E-state index in [4.69, 9.17) is 34.8 Å². The van der Waals surface area contributed by atoms with Gasteiger partial charge in [-0.05, 0) is 49.6 Å². The first kappa shape index (κ1) is 20.4. The largest absolute Gasteiger partial charge is 0.417 e. The van der Waals surface area contributed by atoms with E-state index >= 15 is 0 Å². The molecule has 9 heteroatoms. The number of nitrogens with one attached hydrogen (secondary N) is 1. The Labute approximate surface area is 180 Å². The van der Waals surface area contributed by atoms with Crippen LogP contribution in [0.5, 0.6) is 0 Å². The molecule has 1 aliphatic rings. The van der Waals surface area contributed by atoms with Gasteiger partial charge in [0.25, 0.3) is 0 Å². The van der Waals surface area contributed by atoms with Gasteiger partial charge in [-0.15, -0.1) is 0 Å². The van der Waals surface area contributed by atoms with Crippen molar-refractivity contribution in [1.29, 1.82) is 0 Å². The molecule has 1 aliphatic heterocycles. The zero-order valence-corrected chi connectivity index (χ0v) is 17.2. The molecule has 0 radical (unpaired) electrons. The van der Waals surface area contributed by atoms with Crippen LogP contribution in [0.15, 0.2) is 36.4 Å². The Kier molecular flexibility index (Phi) is 5.44. The van der Waals surface area contributed by atoms with Crippen molar-refractivity contribution in [3.8, 4) is 16.9 Å². The lowest BCUT2D eigenvalue weighted by Gasteiger charge is -2.10. The second-order valence-corrected chi connectivity index (χ2v) is 8.01. The van der Waals surface area contributed by atoms with Crippen molar-refractivity contribution in [1.82, 2.24) is 9.78 Å². The predicted molar refractivity (Wildman–Crippen MR) is 110 cm³/mol. The third-order valence-corrected chi connectivity index (χ3v) is 5.68. The summed E-state index contributed by atoms with van der Waals surface area (Å²) in [5.74, 6) is 0.727. The van der Waals surface area contributed by atoms with E-state index in [-0.39, 0.29) is 5.02 Å². The van der Waals surface area contributed by atoms with E-state index in [1.807, 2.05) is 0 Å². The topological polar surface area (TPSA) is 29.9 Å². The lowest BCUT2D eigenvalue weighted by Crippen LogP contribution is -2.07. The van der Waals surface area contributed by atoms with Crippen LogP contribution < -0.4 is 5.32 Å². The van der Waals surface area contributed by atoms with Gasteiger partial charge in [-0.3, -0.25) is 0 Å². The zero-order chi connectivity index (χ0) is 20.8. The molecule has 4 rings (SSSR count). The normalized spacial score (nSPS) is 14.3. The minimum absolute atomic E-state index is 0.342. The van der Waals surface area contributed by atoms with E-state index in [0.29, 0.717) is 33.4 Å². The SMILES string of the molecule is FC(F)(F)c1cc(-c2nn(-c3ccc(Cl)cc3Cl)c3c2CCCCN3)ccc1Cl. The third-order valence-electron chi connectivity index (χ3n) is 4.81. The fourth-order valence-electron chi connectivity index (χ4n) is 3.45. The standard InChI is InChI=1S/C20H15Cl3F3N3/c21-12-5-7-17(16(23)10-12)29-19-13(3-1-2-8-27-19)18(28-29)11-4-6-15(22)14(9-11)20(24,25)26/h4-7,9-10,27H,1-3,8H2. The number of fused-ring (bicyclic) bond motifs is 1. The summed E-state index contributed by atoms with van der Waals surface area (Å²) in [6.45, 7) is 0.734. The molecule has 29 heavy (non-hydrogen) atoms. The maximum atomic E-state index is 13.4. The fourth-order valence-corrected chi connectivity index (χ4v) is 4.16. The Balaban J connectivity index is 1.93. The summed E-state index contributed by atoms with van der Waals surface area (Å²) in [5.41, 5.74) is 1.39. The molecule has 0 saturated heterocycles. The Morgan fingerprint density at radius 2 is 1.76 bits per heavy atom. The molecular weight excluding hydrogens is 446 g/mol. The van der Waals surface area contributed by atoms with Crippen LogP contribution in [0.4, 0.5) is 19.0 Å². The fraction of sp³-hybridized carbons (Fsp3) is 0.250. The zero-order valence-electron chi connectivity index (χ0n) is 15.0. The Morgan fingerprint density at radius 1 is 0.966 bits per heavy atom. The number of alkyl halides is 3. The van der Waals surface area contributed by atoms with E-state index in [0.717, 1.165) is 36.8 Å². The monoisotopic (exact) mass is 459 g/mol. The molecule has 3 nitrogen and oxygen atoms in total. The quantitative estimate of drug-likeness (QED) is 0.436.